The second kappa shape index (κ2) is 5.19. The van der Waals surface area contributed by atoms with Crippen molar-refractivity contribution in [3.05, 3.63) is 25.2 Å². The summed E-state index contributed by atoms with van der Waals surface area (Å²) >= 11 is 7.26. The Kier molecular flexibility index (Phi) is 4.04. The van der Waals surface area contributed by atoms with Gasteiger partial charge in [0.1, 0.15) is 5.82 Å². The van der Waals surface area contributed by atoms with E-state index >= 15 is 0 Å². The summed E-state index contributed by atoms with van der Waals surface area (Å²) in [5, 5.41) is 0. The molecule has 6 heteroatoms. The number of anilines is 1. The highest BCUT2D eigenvalue weighted by Crippen LogP contribution is 2.32. The molecule has 0 aliphatic heterocycles. The standard InChI is InChI=1S/C11H11BrIN3S/c1-5(2)9-8(13)10(14)16-11(15-9)6-3-4-7(12)17-6/h3-5H,1-2H3,(H2,14,15,16). The van der Waals surface area contributed by atoms with Crippen LogP contribution in [0.15, 0.2) is 15.9 Å². The van der Waals surface area contributed by atoms with Gasteiger partial charge in [0, 0.05) is 0 Å². The molecule has 0 aliphatic rings. The average Bonchev–Trinajstić information content (AvgIpc) is 2.68. The first kappa shape index (κ1) is 13.2. The van der Waals surface area contributed by atoms with E-state index in [1.54, 1.807) is 11.3 Å². The minimum Gasteiger partial charge on any atom is -0.383 e. The largest absolute Gasteiger partial charge is 0.383 e. The van der Waals surface area contributed by atoms with Crippen molar-refractivity contribution in [1.82, 2.24) is 9.97 Å². The number of thiophene rings is 1. The van der Waals surface area contributed by atoms with Crippen molar-refractivity contribution in [1.29, 1.82) is 0 Å². The Morgan fingerprint density at radius 1 is 1.35 bits per heavy atom. The van der Waals surface area contributed by atoms with Gasteiger partial charge < -0.3 is 5.73 Å². The van der Waals surface area contributed by atoms with Crippen LogP contribution in [-0.4, -0.2) is 9.97 Å². The number of hydrogen-bond donors (Lipinski definition) is 1. The van der Waals surface area contributed by atoms with Gasteiger partial charge >= 0.3 is 0 Å². The zero-order valence-corrected chi connectivity index (χ0v) is 13.9. The molecule has 0 atom stereocenters. The lowest BCUT2D eigenvalue weighted by Gasteiger charge is -2.10. The minimum atomic E-state index is 0.342. The summed E-state index contributed by atoms with van der Waals surface area (Å²) in [6.07, 6.45) is 0. The highest BCUT2D eigenvalue weighted by molar-refractivity contribution is 14.1. The maximum atomic E-state index is 5.94. The molecule has 17 heavy (non-hydrogen) atoms. The number of aromatic nitrogens is 2. The Hall–Kier alpha value is -0.210. The molecule has 0 radical (unpaired) electrons. The smallest absolute Gasteiger partial charge is 0.171 e. The van der Waals surface area contributed by atoms with Crippen LogP contribution in [0, 0.1) is 3.57 Å². The molecule has 2 rings (SSSR count). The Morgan fingerprint density at radius 3 is 2.59 bits per heavy atom. The molecule has 0 saturated carbocycles. The summed E-state index contributed by atoms with van der Waals surface area (Å²) in [5.74, 6) is 1.61. The molecular formula is C11H11BrIN3S. The first-order chi connectivity index (χ1) is 7.99. The van der Waals surface area contributed by atoms with Crippen LogP contribution in [0.5, 0.6) is 0 Å². The summed E-state index contributed by atoms with van der Waals surface area (Å²) in [7, 11) is 0. The highest BCUT2D eigenvalue weighted by Gasteiger charge is 2.14. The molecule has 90 valence electrons. The van der Waals surface area contributed by atoms with E-state index in [9.17, 15) is 0 Å². The summed E-state index contributed by atoms with van der Waals surface area (Å²) in [6, 6.07) is 3.99. The average molecular weight is 424 g/mol. The Balaban J connectivity index is 2.56. The second-order valence-corrected chi connectivity index (χ2v) is 7.43. The fourth-order valence-corrected chi connectivity index (χ4v) is 3.59. The Morgan fingerprint density at radius 2 is 2.06 bits per heavy atom. The molecule has 2 heterocycles. The van der Waals surface area contributed by atoms with Crippen molar-refractivity contribution in [2.75, 3.05) is 5.73 Å². The zero-order chi connectivity index (χ0) is 12.6. The van der Waals surface area contributed by atoms with Crippen LogP contribution < -0.4 is 5.73 Å². The summed E-state index contributed by atoms with van der Waals surface area (Å²) in [5.41, 5.74) is 6.95. The van der Waals surface area contributed by atoms with Crippen molar-refractivity contribution >= 4 is 55.7 Å². The molecule has 2 aromatic rings. The third-order valence-electron chi connectivity index (χ3n) is 2.24. The van der Waals surface area contributed by atoms with Gasteiger partial charge in [-0.1, -0.05) is 13.8 Å². The normalized spacial score (nSPS) is 11.1. The van der Waals surface area contributed by atoms with E-state index in [0.717, 1.165) is 17.9 Å². The van der Waals surface area contributed by atoms with Crippen LogP contribution in [-0.2, 0) is 0 Å². The van der Waals surface area contributed by atoms with Gasteiger partial charge in [-0.15, -0.1) is 11.3 Å². The molecule has 0 aromatic carbocycles. The van der Waals surface area contributed by atoms with Crippen LogP contribution in [0.25, 0.3) is 10.7 Å². The maximum Gasteiger partial charge on any atom is 0.171 e. The lowest BCUT2D eigenvalue weighted by molar-refractivity contribution is 0.810. The van der Waals surface area contributed by atoms with Crippen molar-refractivity contribution in [2.45, 2.75) is 19.8 Å². The summed E-state index contributed by atoms with van der Waals surface area (Å²) in [4.78, 5) is 9.98. The third kappa shape index (κ3) is 2.79. The van der Waals surface area contributed by atoms with Crippen molar-refractivity contribution in [3.63, 3.8) is 0 Å². The minimum absolute atomic E-state index is 0.342. The first-order valence-electron chi connectivity index (χ1n) is 5.07. The number of hydrogen-bond acceptors (Lipinski definition) is 4. The molecular weight excluding hydrogens is 413 g/mol. The maximum absolute atomic E-state index is 5.94. The molecule has 2 N–H and O–H groups in total. The van der Waals surface area contributed by atoms with Crippen molar-refractivity contribution in [2.24, 2.45) is 0 Å². The second-order valence-electron chi connectivity index (χ2n) is 3.89. The quantitative estimate of drug-likeness (QED) is 0.733. The molecule has 0 aliphatic carbocycles. The summed E-state index contributed by atoms with van der Waals surface area (Å²) < 4.78 is 2.02. The van der Waals surface area contributed by atoms with Crippen molar-refractivity contribution in [3.8, 4) is 10.7 Å². The van der Waals surface area contributed by atoms with E-state index in [2.05, 4.69) is 62.3 Å². The molecule has 2 aromatic heterocycles. The molecule has 0 saturated heterocycles. The Labute approximate surface area is 126 Å². The molecule has 3 nitrogen and oxygen atoms in total. The van der Waals surface area contributed by atoms with Crippen LogP contribution in [0.4, 0.5) is 5.82 Å². The molecule has 0 spiro atoms. The topological polar surface area (TPSA) is 51.8 Å². The summed E-state index contributed by atoms with van der Waals surface area (Å²) in [6.45, 7) is 4.22. The number of nitrogen functional groups attached to an aromatic ring is 1. The SMILES string of the molecule is CC(C)c1nc(-c2ccc(Br)s2)nc(N)c1I. The van der Waals surface area contributed by atoms with Gasteiger partial charge in [-0.2, -0.15) is 0 Å². The predicted molar refractivity (Wildman–Crippen MR) is 84.3 cm³/mol. The van der Waals surface area contributed by atoms with Gasteiger partial charge in [0.15, 0.2) is 5.82 Å². The van der Waals surface area contributed by atoms with Crippen LogP contribution in [0.3, 0.4) is 0 Å². The van der Waals surface area contributed by atoms with Gasteiger partial charge in [0.25, 0.3) is 0 Å². The third-order valence-corrected chi connectivity index (χ3v) is 4.97. The van der Waals surface area contributed by atoms with E-state index in [1.165, 1.54) is 0 Å². The van der Waals surface area contributed by atoms with Crippen molar-refractivity contribution < 1.29 is 0 Å². The van der Waals surface area contributed by atoms with Crippen LogP contribution in [0.2, 0.25) is 0 Å². The van der Waals surface area contributed by atoms with Gasteiger partial charge in [0.2, 0.25) is 0 Å². The fraction of sp³-hybridized carbons (Fsp3) is 0.273. The van der Waals surface area contributed by atoms with Crippen LogP contribution in [0.1, 0.15) is 25.5 Å². The molecule has 0 fully saturated rings. The molecule has 0 bridgehead atoms. The number of rotatable bonds is 2. The first-order valence-corrected chi connectivity index (χ1v) is 7.76. The Bertz CT molecular complexity index is 554. The molecule has 0 amide bonds. The fourth-order valence-electron chi connectivity index (χ4n) is 1.41. The van der Waals surface area contributed by atoms with Gasteiger partial charge in [-0.05, 0) is 56.6 Å². The predicted octanol–water partition coefficient (Wildman–Crippen LogP) is 4.28. The van der Waals surface area contributed by atoms with Crippen LogP contribution >= 0.6 is 49.9 Å². The van der Waals surface area contributed by atoms with E-state index in [-0.39, 0.29) is 0 Å². The van der Waals surface area contributed by atoms with E-state index < -0.39 is 0 Å². The van der Waals surface area contributed by atoms with E-state index in [0.29, 0.717) is 17.6 Å². The number of nitrogens with zero attached hydrogens (tertiary/aromatic N) is 2. The molecule has 0 unspecified atom stereocenters. The lowest BCUT2D eigenvalue weighted by atomic mass is 10.1. The monoisotopic (exact) mass is 423 g/mol. The van der Waals surface area contributed by atoms with Gasteiger partial charge in [0.05, 0.1) is 17.9 Å². The van der Waals surface area contributed by atoms with Gasteiger partial charge in [-0.25, -0.2) is 9.97 Å². The van der Waals surface area contributed by atoms with Gasteiger partial charge in [-0.3, -0.25) is 0 Å². The highest BCUT2D eigenvalue weighted by atomic mass is 127. The number of nitrogens with two attached hydrogens (primary N) is 1. The van der Waals surface area contributed by atoms with E-state index in [4.69, 9.17) is 5.73 Å². The lowest BCUT2D eigenvalue weighted by Crippen LogP contribution is -2.05. The van der Waals surface area contributed by atoms with E-state index in [1.807, 2.05) is 12.1 Å². The number of halogens is 2. The zero-order valence-electron chi connectivity index (χ0n) is 9.37.